The summed E-state index contributed by atoms with van der Waals surface area (Å²) in [5.74, 6) is 2.22. The Morgan fingerprint density at radius 3 is 0.512 bits per heavy atom. The highest BCUT2D eigenvalue weighted by Gasteiger charge is 2.56. The third-order valence-corrected chi connectivity index (χ3v) is 21.8. The SMILES string of the molecule is CC(C)C(CCCC(F)(F)F)CCCC(F)(F)F.CC(C)CC(CCCC(F)(F)F)CCC(F)(F)F.CC(C)CCC(C(F)(F)F)C(F)(F)F.CC(C)CCC(C)C.CC(C)CCC(C)C(F)(F)F.CCCCC(CCC(F)(F)F)CC(C)C.CCCCC(CCCC(F)(F)F)C(C)C.CCCCC(CCCC(F)(F)F)C(C)C.CCCCC(CCCC)CC(C)C. The van der Waals surface area contributed by atoms with Crippen LogP contribution in [0, 0.1) is 107 Å². The molecule has 0 heterocycles. The molecule has 0 nitrogen and oxygen atoms in total. The van der Waals surface area contributed by atoms with Crippen molar-refractivity contribution in [2.24, 2.45) is 107 Å². The predicted molar refractivity (Wildman–Crippen MR) is 469 cm³/mol. The van der Waals surface area contributed by atoms with Gasteiger partial charge in [0.2, 0.25) is 0 Å². The lowest BCUT2D eigenvalue weighted by Crippen LogP contribution is -2.36. The Kier molecular flexibility index (Phi) is 87.7. The molecule has 0 aromatic carbocycles. The van der Waals surface area contributed by atoms with E-state index in [0.29, 0.717) is 67.6 Å². The largest absolute Gasteiger partial charge is 0.400 e. The molecule has 0 aromatic rings. The molecule has 0 saturated carbocycles. The van der Waals surface area contributed by atoms with Crippen LogP contribution >= 0.6 is 0 Å². The van der Waals surface area contributed by atoms with Crippen molar-refractivity contribution >= 4 is 0 Å². The molecule has 30 heteroatoms. The Balaban J connectivity index is -0.000000177. The quantitative estimate of drug-likeness (QED) is 0.0533. The van der Waals surface area contributed by atoms with E-state index >= 15 is 0 Å². The van der Waals surface area contributed by atoms with Crippen molar-refractivity contribution in [1.82, 2.24) is 0 Å². The van der Waals surface area contributed by atoms with E-state index in [1.807, 2.05) is 41.5 Å². The maximum Gasteiger partial charge on any atom is 0.400 e. The second-order valence-electron chi connectivity index (χ2n) is 39.4. The van der Waals surface area contributed by atoms with E-state index in [9.17, 15) is 132 Å². The van der Waals surface area contributed by atoms with Gasteiger partial charge in [-0.05, 0) is 197 Å². The van der Waals surface area contributed by atoms with Crippen molar-refractivity contribution in [2.75, 3.05) is 0 Å². The minimum atomic E-state index is -5.19. The minimum Gasteiger partial charge on any atom is -0.171 e. The first-order valence-electron chi connectivity index (χ1n) is 48.0. The Morgan fingerprint density at radius 1 is 0.165 bits per heavy atom. The summed E-state index contributed by atoms with van der Waals surface area (Å²) in [7, 11) is 0. The molecule has 0 aliphatic heterocycles. The normalized spacial score (nSPS) is 14.1. The highest BCUT2D eigenvalue weighted by Crippen LogP contribution is 2.43. The lowest BCUT2D eigenvalue weighted by molar-refractivity contribution is -0.286. The summed E-state index contributed by atoms with van der Waals surface area (Å²) in [5.41, 5.74) is 0. The van der Waals surface area contributed by atoms with E-state index in [-0.39, 0.29) is 93.3 Å². The molecule has 5 unspecified atom stereocenters. The van der Waals surface area contributed by atoms with Gasteiger partial charge in [0.25, 0.3) is 0 Å². The molecule has 0 rings (SSSR count). The van der Waals surface area contributed by atoms with Gasteiger partial charge in [-0.15, -0.1) is 0 Å². The summed E-state index contributed by atoms with van der Waals surface area (Å²) < 4.78 is 359. The zero-order valence-electron chi connectivity index (χ0n) is 83.1. The van der Waals surface area contributed by atoms with Gasteiger partial charge in [0.1, 0.15) is 0 Å². The number of hydrogen-bond acceptors (Lipinski definition) is 0. The molecule has 0 radical (unpaired) electrons. The third kappa shape index (κ3) is 124. The molecule has 780 valence electrons. The maximum atomic E-state index is 12.1. The lowest BCUT2D eigenvalue weighted by atomic mass is 9.86. The average Bonchev–Trinajstić information content (AvgIpc) is 0.831. The van der Waals surface area contributed by atoms with Crippen LogP contribution in [0.25, 0.3) is 0 Å². The van der Waals surface area contributed by atoms with Gasteiger partial charge < -0.3 is 0 Å². The van der Waals surface area contributed by atoms with E-state index < -0.39 is 125 Å². The fourth-order valence-corrected chi connectivity index (χ4v) is 14.0. The summed E-state index contributed by atoms with van der Waals surface area (Å²) in [6, 6.07) is 0. The van der Waals surface area contributed by atoms with E-state index in [1.54, 1.807) is 13.8 Å². The topological polar surface area (TPSA) is 0 Å². The zero-order valence-corrected chi connectivity index (χ0v) is 83.1. The van der Waals surface area contributed by atoms with Crippen LogP contribution in [0.1, 0.15) is 456 Å². The third-order valence-electron chi connectivity index (χ3n) is 21.8. The Labute approximate surface area is 753 Å². The van der Waals surface area contributed by atoms with Crippen LogP contribution in [0.3, 0.4) is 0 Å². The van der Waals surface area contributed by atoms with Gasteiger partial charge >= 0.3 is 61.8 Å². The lowest BCUT2D eigenvalue weighted by Gasteiger charge is -2.23. The molecule has 0 saturated heterocycles. The van der Waals surface area contributed by atoms with Crippen molar-refractivity contribution in [2.45, 2.75) is 518 Å². The van der Waals surface area contributed by atoms with Crippen LogP contribution in [0.2, 0.25) is 0 Å². The predicted octanol–water partition coefficient (Wildman–Crippen LogP) is 42.9. The zero-order chi connectivity index (χ0) is 102. The molecule has 0 aliphatic rings. The van der Waals surface area contributed by atoms with Crippen LogP contribution < -0.4 is 0 Å². The average molecular weight is 1920 g/mol. The van der Waals surface area contributed by atoms with Crippen molar-refractivity contribution < 1.29 is 132 Å². The number of rotatable bonds is 52. The maximum absolute atomic E-state index is 12.1. The molecule has 0 amide bonds. The number of hydrogen-bond donors (Lipinski definition) is 0. The van der Waals surface area contributed by atoms with Gasteiger partial charge in [0.05, 0.1) is 5.92 Å². The standard InChI is InChI=1S/C13H28.2C12H20F6.3C12H23F3.C8H12F6.C8H15F3.C8H18/c1-5-7-9-13(10-8-6-2)11-12(3)4;1-9(2)10(5-3-7-11(13,14)15)6-4-8-12(16,17)18;1-9(2)8-10(5-7-12(16,17)18)4-3-6-11(13,14)15;2*1-4-5-7-11(10(2)3)8-6-9-12(13,14)15;1-4-5-6-11(9-10(2)3)7-8-12(13,14)15;1-5(2)3-4-6(7(9,10)11)8(12,13)14;1-6(2)4-5-7(3)8(9,10)11;1-7(2)5-6-8(3)4/h12-13H,5-11H2,1-4H3;2*9-10H,3-8H2,1-2H3;3*10-11H,4-9H2,1-3H3;5-6H,3-4H2,1-2H3;6-7H,4-5H2,1-3H3;7-8H,5-6H2,1-4H3. The van der Waals surface area contributed by atoms with Gasteiger partial charge in [-0.2, -0.15) is 132 Å². The summed E-state index contributed by atoms with van der Waals surface area (Å²) in [5, 5.41) is 0. The van der Waals surface area contributed by atoms with E-state index in [2.05, 4.69) is 118 Å². The molecular weight excluding hydrogens is 1740 g/mol. The fraction of sp³-hybridized carbons (Fsp3) is 1.00. The first-order chi connectivity index (χ1) is 57.3. The molecule has 5 atom stereocenters. The molecule has 0 N–H and O–H groups in total. The van der Waals surface area contributed by atoms with E-state index in [1.165, 1.54) is 64.7 Å². The summed E-state index contributed by atoms with van der Waals surface area (Å²) in [6.45, 7) is 53.0. The molecule has 127 heavy (non-hydrogen) atoms. The molecule has 0 bridgehead atoms. The second-order valence-corrected chi connectivity index (χ2v) is 39.4. The Hall–Kier alpha value is -2.10. The molecule has 0 aromatic heterocycles. The molecular formula is C97H182F30. The number of unbranched alkanes of at least 4 members (excludes halogenated alkanes) is 5. The van der Waals surface area contributed by atoms with Gasteiger partial charge in [0, 0.05) is 44.9 Å². The first kappa shape index (κ1) is 143. The molecule has 0 fully saturated rings. The number of alkyl halides is 30. The van der Waals surface area contributed by atoms with Gasteiger partial charge in [-0.3, -0.25) is 0 Å². The van der Waals surface area contributed by atoms with E-state index in [0.717, 1.165) is 101 Å². The Bertz CT molecular complexity index is 2190. The van der Waals surface area contributed by atoms with Crippen LogP contribution in [-0.4, -0.2) is 61.8 Å². The van der Waals surface area contributed by atoms with Crippen LogP contribution in [0.5, 0.6) is 0 Å². The van der Waals surface area contributed by atoms with E-state index in [4.69, 9.17) is 0 Å². The van der Waals surface area contributed by atoms with Crippen LogP contribution in [-0.2, 0) is 0 Å². The fourth-order valence-electron chi connectivity index (χ4n) is 14.0. The Morgan fingerprint density at radius 2 is 0.339 bits per heavy atom. The van der Waals surface area contributed by atoms with Gasteiger partial charge in [0.15, 0.2) is 5.92 Å². The number of halogens is 30. The summed E-state index contributed by atoms with van der Waals surface area (Å²) in [4.78, 5) is 0. The van der Waals surface area contributed by atoms with Crippen LogP contribution in [0.15, 0.2) is 0 Å². The first-order valence-corrected chi connectivity index (χ1v) is 48.0. The second kappa shape index (κ2) is 78.0. The van der Waals surface area contributed by atoms with Crippen molar-refractivity contribution in [3.8, 4) is 0 Å². The highest BCUT2D eigenvalue weighted by molar-refractivity contribution is 4.77. The van der Waals surface area contributed by atoms with Crippen molar-refractivity contribution in [1.29, 1.82) is 0 Å². The summed E-state index contributed by atoms with van der Waals surface area (Å²) >= 11 is 0. The molecule has 0 spiro atoms. The van der Waals surface area contributed by atoms with Crippen molar-refractivity contribution in [3.63, 3.8) is 0 Å². The van der Waals surface area contributed by atoms with Gasteiger partial charge in [-0.25, -0.2) is 0 Å². The minimum absolute atomic E-state index is 0.00162. The van der Waals surface area contributed by atoms with Gasteiger partial charge in [-0.1, -0.05) is 308 Å². The highest BCUT2D eigenvalue weighted by atomic mass is 19.4. The smallest absolute Gasteiger partial charge is 0.171 e. The molecule has 0 aliphatic carbocycles. The van der Waals surface area contributed by atoms with Crippen LogP contribution in [0.4, 0.5) is 132 Å². The summed E-state index contributed by atoms with van der Waals surface area (Å²) in [6.07, 6.45) is -21.5. The van der Waals surface area contributed by atoms with Crippen molar-refractivity contribution in [3.05, 3.63) is 0 Å². The monoisotopic (exact) mass is 1920 g/mol.